The Morgan fingerprint density at radius 1 is 1.50 bits per heavy atom. The minimum Gasteiger partial charge on any atom is -0.399 e. The van der Waals surface area contributed by atoms with E-state index in [1.165, 1.54) is 0 Å². The van der Waals surface area contributed by atoms with Gasteiger partial charge in [0, 0.05) is 12.2 Å². The Bertz CT molecular complexity index is 510. The molecule has 0 aliphatic carbocycles. The monoisotopic (exact) mass is 191 g/mol. The smallest absolute Gasteiger partial charge is 0.272 e. The number of hydrogen-bond acceptors (Lipinski definition) is 2. The fraction of sp³-hybridized carbons (Fsp3) is 0.300. The molecular weight excluding hydrogens is 178 g/mol. The largest absolute Gasteiger partial charge is 0.399 e. The highest BCUT2D eigenvalue weighted by Gasteiger charge is 2.05. The molecule has 2 aromatic rings. The van der Waals surface area contributed by atoms with Crippen molar-refractivity contribution in [3.63, 3.8) is 0 Å². The Morgan fingerprint density at radius 2 is 2.29 bits per heavy atom. The van der Waals surface area contributed by atoms with Crippen molar-refractivity contribution in [2.45, 2.75) is 19.9 Å². The number of nitrogens with one attached hydrogen (secondary N) is 1. The van der Waals surface area contributed by atoms with E-state index in [9.17, 15) is 4.79 Å². The predicted octanol–water partition coefficient (Wildman–Crippen LogP) is 1.32. The maximum absolute atomic E-state index is 11.5. The summed E-state index contributed by atoms with van der Waals surface area (Å²) in [6.07, 6.45) is 0.990. The van der Waals surface area contributed by atoms with E-state index in [-0.39, 0.29) is 5.56 Å². The summed E-state index contributed by atoms with van der Waals surface area (Å²) in [5.74, 6) is 0. The minimum absolute atomic E-state index is 0.0687. The van der Waals surface area contributed by atoms with E-state index in [1.54, 1.807) is 6.07 Å². The first kappa shape index (κ1) is 8.87. The molecule has 0 fully saturated rings. The summed E-state index contributed by atoms with van der Waals surface area (Å²) < 4.78 is 1.86. The SMILES string of the molecule is CCCn1[nH]c(=O)c2cc(N)ccc21. The van der Waals surface area contributed by atoms with Crippen LogP contribution in [-0.2, 0) is 6.54 Å². The van der Waals surface area contributed by atoms with Crippen LogP contribution in [0.15, 0.2) is 23.0 Å². The maximum atomic E-state index is 11.5. The molecular formula is C10H13N3O. The molecule has 3 N–H and O–H groups in total. The summed E-state index contributed by atoms with van der Waals surface area (Å²) in [7, 11) is 0. The van der Waals surface area contributed by atoms with Crippen LogP contribution in [0.25, 0.3) is 10.9 Å². The van der Waals surface area contributed by atoms with Crippen molar-refractivity contribution in [3.8, 4) is 0 Å². The third kappa shape index (κ3) is 1.28. The van der Waals surface area contributed by atoms with E-state index in [1.807, 2.05) is 16.8 Å². The number of anilines is 1. The van der Waals surface area contributed by atoms with Crippen LogP contribution >= 0.6 is 0 Å². The van der Waals surface area contributed by atoms with Crippen molar-refractivity contribution < 1.29 is 0 Å². The van der Waals surface area contributed by atoms with Crippen molar-refractivity contribution in [2.24, 2.45) is 0 Å². The van der Waals surface area contributed by atoms with Crippen LogP contribution in [0.3, 0.4) is 0 Å². The van der Waals surface area contributed by atoms with Gasteiger partial charge in [-0.15, -0.1) is 0 Å². The second-order valence-corrected chi connectivity index (χ2v) is 3.37. The topological polar surface area (TPSA) is 63.8 Å². The van der Waals surface area contributed by atoms with E-state index in [4.69, 9.17) is 5.73 Å². The van der Waals surface area contributed by atoms with Crippen LogP contribution < -0.4 is 11.3 Å². The van der Waals surface area contributed by atoms with Crippen LogP contribution in [0, 0.1) is 0 Å². The molecule has 4 nitrogen and oxygen atoms in total. The molecule has 0 saturated heterocycles. The number of nitrogens with two attached hydrogens (primary N) is 1. The molecule has 0 unspecified atom stereocenters. The number of nitrogens with zero attached hydrogens (tertiary/aromatic N) is 1. The molecule has 74 valence electrons. The van der Waals surface area contributed by atoms with Gasteiger partial charge in [-0.1, -0.05) is 6.92 Å². The van der Waals surface area contributed by atoms with Crippen molar-refractivity contribution >= 4 is 16.6 Å². The van der Waals surface area contributed by atoms with Gasteiger partial charge in [-0.3, -0.25) is 14.6 Å². The normalized spacial score (nSPS) is 10.9. The van der Waals surface area contributed by atoms with Gasteiger partial charge >= 0.3 is 0 Å². The van der Waals surface area contributed by atoms with Crippen LogP contribution in [-0.4, -0.2) is 9.78 Å². The van der Waals surface area contributed by atoms with Gasteiger partial charge in [-0.2, -0.15) is 0 Å². The quantitative estimate of drug-likeness (QED) is 0.703. The minimum atomic E-state index is -0.0687. The Balaban J connectivity index is 2.71. The zero-order valence-corrected chi connectivity index (χ0v) is 8.08. The van der Waals surface area contributed by atoms with Gasteiger partial charge in [0.05, 0.1) is 10.9 Å². The highest BCUT2D eigenvalue weighted by molar-refractivity contribution is 5.81. The van der Waals surface area contributed by atoms with E-state index in [0.29, 0.717) is 11.1 Å². The molecule has 2 rings (SSSR count). The third-order valence-electron chi connectivity index (χ3n) is 2.24. The van der Waals surface area contributed by atoms with Gasteiger partial charge in [0.15, 0.2) is 0 Å². The Kier molecular flexibility index (Phi) is 2.04. The molecule has 4 heteroatoms. The van der Waals surface area contributed by atoms with Gasteiger partial charge in [0.25, 0.3) is 5.56 Å². The second-order valence-electron chi connectivity index (χ2n) is 3.37. The first-order chi connectivity index (χ1) is 6.72. The lowest BCUT2D eigenvalue weighted by Crippen LogP contribution is -2.05. The molecule has 0 aliphatic heterocycles. The Morgan fingerprint density at radius 3 is 3.00 bits per heavy atom. The van der Waals surface area contributed by atoms with Crippen molar-refractivity contribution in [1.82, 2.24) is 9.78 Å². The summed E-state index contributed by atoms with van der Waals surface area (Å²) in [6.45, 7) is 2.89. The van der Waals surface area contributed by atoms with E-state index >= 15 is 0 Å². The molecule has 14 heavy (non-hydrogen) atoms. The summed E-state index contributed by atoms with van der Waals surface area (Å²) in [5, 5.41) is 3.45. The number of aromatic nitrogens is 2. The van der Waals surface area contributed by atoms with Gasteiger partial charge in [0.2, 0.25) is 0 Å². The lowest BCUT2D eigenvalue weighted by Gasteiger charge is -2.01. The summed E-state index contributed by atoms with van der Waals surface area (Å²) in [4.78, 5) is 11.5. The number of aromatic amines is 1. The van der Waals surface area contributed by atoms with E-state index in [2.05, 4.69) is 12.0 Å². The molecule has 0 amide bonds. The highest BCUT2D eigenvalue weighted by Crippen LogP contribution is 2.13. The molecule has 1 heterocycles. The second kappa shape index (κ2) is 3.21. The number of H-pyrrole nitrogens is 1. The number of nitrogen functional groups attached to an aromatic ring is 1. The predicted molar refractivity (Wildman–Crippen MR) is 57.3 cm³/mol. The van der Waals surface area contributed by atoms with Crippen LogP contribution in [0.5, 0.6) is 0 Å². The number of hydrogen-bond donors (Lipinski definition) is 2. The lowest BCUT2D eigenvalue weighted by molar-refractivity contribution is 0.617. The standard InChI is InChI=1S/C10H13N3O/c1-2-5-13-9-4-3-7(11)6-8(9)10(14)12-13/h3-4,6H,2,5,11H2,1H3,(H,12,14). The van der Waals surface area contributed by atoms with Crippen molar-refractivity contribution in [2.75, 3.05) is 5.73 Å². The number of benzene rings is 1. The molecule has 0 radical (unpaired) electrons. The number of fused-ring (bicyclic) bond motifs is 1. The molecule has 0 atom stereocenters. The lowest BCUT2D eigenvalue weighted by atomic mass is 10.2. The van der Waals surface area contributed by atoms with Crippen molar-refractivity contribution in [3.05, 3.63) is 28.6 Å². The van der Waals surface area contributed by atoms with Gasteiger partial charge in [-0.25, -0.2) is 0 Å². The van der Waals surface area contributed by atoms with Gasteiger partial charge in [-0.05, 0) is 24.6 Å². The summed E-state index contributed by atoms with van der Waals surface area (Å²) >= 11 is 0. The van der Waals surface area contributed by atoms with E-state index in [0.717, 1.165) is 18.5 Å². The Hall–Kier alpha value is -1.71. The molecule has 0 aliphatic rings. The molecule has 0 spiro atoms. The fourth-order valence-corrected chi connectivity index (χ4v) is 1.61. The van der Waals surface area contributed by atoms with Crippen molar-refractivity contribution in [1.29, 1.82) is 0 Å². The van der Waals surface area contributed by atoms with Crippen LogP contribution in [0.2, 0.25) is 0 Å². The zero-order valence-electron chi connectivity index (χ0n) is 8.08. The average Bonchev–Trinajstić information content (AvgIpc) is 2.44. The maximum Gasteiger partial charge on any atom is 0.272 e. The molecule has 0 saturated carbocycles. The number of aryl methyl sites for hydroxylation is 1. The first-order valence-corrected chi connectivity index (χ1v) is 4.70. The molecule has 0 bridgehead atoms. The summed E-state index contributed by atoms with van der Waals surface area (Å²) in [6, 6.07) is 5.39. The van der Waals surface area contributed by atoms with Gasteiger partial charge in [0.1, 0.15) is 0 Å². The molecule has 1 aromatic heterocycles. The zero-order chi connectivity index (χ0) is 10.1. The van der Waals surface area contributed by atoms with Crippen LogP contribution in [0.1, 0.15) is 13.3 Å². The average molecular weight is 191 g/mol. The number of rotatable bonds is 2. The first-order valence-electron chi connectivity index (χ1n) is 4.70. The highest BCUT2D eigenvalue weighted by atomic mass is 16.1. The third-order valence-corrected chi connectivity index (χ3v) is 2.24. The van der Waals surface area contributed by atoms with E-state index < -0.39 is 0 Å². The fourth-order valence-electron chi connectivity index (χ4n) is 1.61. The van der Waals surface area contributed by atoms with Gasteiger partial charge < -0.3 is 5.73 Å². The Labute approximate surface area is 81.3 Å². The summed E-state index contributed by atoms with van der Waals surface area (Å²) in [5.41, 5.74) is 7.09. The van der Waals surface area contributed by atoms with Crippen LogP contribution in [0.4, 0.5) is 5.69 Å². The molecule has 1 aromatic carbocycles.